The minimum atomic E-state index is 0.611. The van der Waals surface area contributed by atoms with Crippen LogP contribution in [0.15, 0.2) is 0 Å². The van der Waals surface area contributed by atoms with E-state index in [0.717, 1.165) is 0 Å². The Labute approximate surface area is 124 Å². The van der Waals surface area contributed by atoms with Crippen LogP contribution in [0.5, 0.6) is 0 Å². The zero-order chi connectivity index (χ0) is 14.3. The predicted octanol–water partition coefficient (Wildman–Crippen LogP) is 0.212. The van der Waals surface area contributed by atoms with Crippen molar-refractivity contribution in [2.45, 2.75) is 59.7 Å². The van der Waals surface area contributed by atoms with Gasteiger partial charge in [-0.15, -0.1) is 0 Å². The number of nitrogens with zero attached hydrogens (tertiary/aromatic N) is 1. The molecule has 0 bridgehead atoms. The maximum atomic E-state index is 8.28. The van der Waals surface area contributed by atoms with Crippen molar-refractivity contribution in [2.75, 3.05) is 0 Å². The Balaban J connectivity index is -0.000000103. The Kier molecular flexibility index (Phi) is 34.2. The standard InChI is InChI=1S/C9H21N.3Al.3O.3H/c1-7(2)10(8(3)4)9(5)6;;;;;;;;;/h7-9H,1-6H3;;;;;;;;;. The molecule has 0 amide bonds. The molecule has 0 aliphatic rings. The summed E-state index contributed by atoms with van der Waals surface area (Å²) in [5, 5.41) is 0. The number of hydrogen-bond acceptors (Lipinski definition) is 4. The molecule has 0 saturated heterocycles. The molecule has 0 aromatic heterocycles. The van der Waals surface area contributed by atoms with Crippen LogP contribution in [-0.4, -0.2) is 71.7 Å². The van der Waals surface area contributed by atoms with E-state index in [2.05, 4.69) is 46.4 Å². The zero-order valence-corrected chi connectivity index (χ0v) is 15.8. The summed E-state index contributed by atoms with van der Waals surface area (Å²) in [5.74, 6) is 0. The Hall–Kier alpha value is 0.957. The van der Waals surface area contributed by atoms with Gasteiger partial charge in [0.25, 0.3) is 0 Å². The SMILES string of the molecule is CC(C)N(C(C)C)C(C)C.[O]=[AlH].[O]=[AlH].[O]=[AlH]. The van der Waals surface area contributed by atoms with E-state index in [4.69, 9.17) is 11.4 Å². The molecule has 0 aromatic carbocycles. The molecule has 16 heavy (non-hydrogen) atoms. The monoisotopic (exact) mass is 275 g/mol. The van der Waals surface area contributed by atoms with Gasteiger partial charge in [-0.3, -0.25) is 4.90 Å². The van der Waals surface area contributed by atoms with Crippen molar-refractivity contribution in [3.63, 3.8) is 0 Å². The van der Waals surface area contributed by atoms with E-state index in [1.54, 1.807) is 0 Å². The molecular formula is C9H24Al3NO3. The van der Waals surface area contributed by atoms with Crippen LogP contribution in [0.1, 0.15) is 41.5 Å². The average Bonchev–Trinajstić information content (AvgIpc) is 2.24. The van der Waals surface area contributed by atoms with Crippen LogP contribution in [0, 0.1) is 0 Å². The Morgan fingerprint density at radius 2 is 0.688 bits per heavy atom. The molecule has 0 aliphatic carbocycles. The quantitative estimate of drug-likeness (QED) is 0.691. The first-order valence-electron chi connectivity index (χ1n) is 5.10. The molecule has 0 rings (SSSR count). The van der Waals surface area contributed by atoms with E-state index >= 15 is 0 Å². The topological polar surface area (TPSA) is 54.5 Å². The second-order valence-electron chi connectivity index (χ2n) is 3.73. The fourth-order valence-electron chi connectivity index (χ4n) is 1.79. The van der Waals surface area contributed by atoms with E-state index in [1.807, 2.05) is 0 Å². The average molecular weight is 275 g/mol. The normalized spacial score (nSPS) is 8.44. The summed E-state index contributed by atoms with van der Waals surface area (Å²) in [4.78, 5) is 2.50. The van der Waals surface area contributed by atoms with Gasteiger partial charge in [0.1, 0.15) is 0 Å². The van der Waals surface area contributed by atoms with Gasteiger partial charge >= 0.3 is 60.1 Å². The molecule has 0 aromatic rings. The van der Waals surface area contributed by atoms with Crippen LogP contribution in [0.4, 0.5) is 0 Å². The summed E-state index contributed by atoms with van der Waals surface area (Å²) >= 11 is 1.83. The Bertz CT molecular complexity index is 113. The van der Waals surface area contributed by atoms with Gasteiger partial charge in [-0.1, -0.05) is 0 Å². The molecule has 92 valence electrons. The van der Waals surface area contributed by atoms with Crippen LogP contribution in [0.3, 0.4) is 0 Å². The van der Waals surface area contributed by atoms with Crippen LogP contribution >= 0.6 is 0 Å². The van der Waals surface area contributed by atoms with Crippen LogP contribution in [-0.2, 0) is 11.4 Å². The molecule has 0 radical (unpaired) electrons. The molecule has 0 atom stereocenters. The van der Waals surface area contributed by atoms with E-state index in [-0.39, 0.29) is 0 Å². The third-order valence-electron chi connectivity index (χ3n) is 1.79. The van der Waals surface area contributed by atoms with Crippen molar-refractivity contribution >= 4 is 48.7 Å². The molecule has 0 heterocycles. The second kappa shape index (κ2) is 21.3. The third-order valence-corrected chi connectivity index (χ3v) is 1.79. The minimum absolute atomic E-state index is 0.611. The Morgan fingerprint density at radius 3 is 0.688 bits per heavy atom. The molecule has 0 N–H and O–H groups in total. The number of rotatable bonds is 3. The van der Waals surface area contributed by atoms with Gasteiger partial charge in [-0.2, -0.15) is 0 Å². The third kappa shape index (κ3) is 17.4. The van der Waals surface area contributed by atoms with Gasteiger partial charge in [0, 0.05) is 18.1 Å². The van der Waals surface area contributed by atoms with E-state index in [0.29, 0.717) is 66.8 Å². The van der Waals surface area contributed by atoms with E-state index < -0.39 is 0 Å². The summed E-state index contributed by atoms with van der Waals surface area (Å²) in [6.45, 7) is 13.5. The summed E-state index contributed by atoms with van der Waals surface area (Å²) < 4.78 is 24.8. The van der Waals surface area contributed by atoms with Crippen molar-refractivity contribution < 1.29 is 11.4 Å². The van der Waals surface area contributed by atoms with Crippen LogP contribution < -0.4 is 0 Å². The van der Waals surface area contributed by atoms with Gasteiger partial charge in [0.05, 0.1) is 0 Å². The van der Waals surface area contributed by atoms with Crippen LogP contribution in [0.2, 0.25) is 0 Å². The van der Waals surface area contributed by atoms with Crippen molar-refractivity contribution in [3.05, 3.63) is 0 Å². The van der Waals surface area contributed by atoms with Crippen molar-refractivity contribution in [1.82, 2.24) is 4.90 Å². The molecular weight excluding hydrogens is 251 g/mol. The summed E-state index contributed by atoms with van der Waals surface area (Å²) in [5.41, 5.74) is 0. The molecule has 0 unspecified atom stereocenters. The van der Waals surface area contributed by atoms with Gasteiger partial charge in [-0.25, -0.2) is 0 Å². The Morgan fingerprint density at radius 1 is 0.562 bits per heavy atom. The first kappa shape index (κ1) is 25.7. The molecule has 4 nitrogen and oxygen atoms in total. The fraction of sp³-hybridized carbons (Fsp3) is 1.00. The van der Waals surface area contributed by atoms with Gasteiger partial charge in [0.15, 0.2) is 0 Å². The van der Waals surface area contributed by atoms with Gasteiger partial charge < -0.3 is 0 Å². The first-order valence-corrected chi connectivity index (χ1v) is 6.84. The van der Waals surface area contributed by atoms with Gasteiger partial charge in [-0.05, 0) is 41.5 Å². The second-order valence-corrected chi connectivity index (χ2v) is 3.73. The zero-order valence-electron chi connectivity index (χ0n) is 11.5. The first-order chi connectivity index (χ1) is 7.46. The summed E-state index contributed by atoms with van der Waals surface area (Å²) in [6.07, 6.45) is 0. The van der Waals surface area contributed by atoms with E-state index in [9.17, 15) is 0 Å². The molecule has 7 heteroatoms. The van der Waals surface area contributed by atoms with Crippen molar-refractivity contribution in [3.8, 4) is 0 Å². The summed E-state index contributed by atoms with van der Waals surface area (Å²) in [7, 11) is 0. The number of hydrogen-bond donors (Lipinski definition) is 0. The molecule has 0 fully saturated rings. The summed E-state index contributed by atoms with van der Waals surface area (Å²) in [6, 6.07) is 2.00. The van der Waals surface area contributed by atoms with Crippen molar-refractivity contribution in [1.29, 1.82) is 0 Å². The molecule has 0 aliphatic heterocycles. The van der Waals surface area contributed by atoms with Crippen LogP contribution in [0.25, 0.3) is 0 Å². The predicted molar refractivity (Wildman–Crippen MR) is 70.8 cm³/mol. The fourth-order valence-corrected chi connectivity index (χ4v) is 1.79. The van der Waals surface area contributed by atoms with Crippen molar-refractivity contribution in [2.24, 2.45) is 0 Å². The van der Waals surface area contributed by atoms with Gasteiger partial charge in [0.2, 0.25) is 0 Å². The molecule has 0 saturated carbocycles. The van der Waals surface area contributed by atoms with E-state index in [1.165, 1.54) is 0 Å². The maximum absolute atomic E-state index is 8.28. The molecule has 0 spiro atoms.